The maximum absolute atomic E-state index is 11.4. The number of anilines is 2. The number of carboxylic acids is 1. The number of nitrogens with one attached hydrogen (secondary N) is 3. The Morgan fingerprint density at radius 3 is 2.55 bits per heavy atom. The Kier molecular flexibility index (Phi) is 5.12. The molecule has 0 radical (unpaired) electrons. The Bertz CT molecular complexity index is 590. The molecule has 3 amide bonds. The van der Waals surface area contributed by atoms with Crippen molar-refractivity contribution < 1.29 is 19.5 Å². The molecular formula is C13H13N3O4. The summed E-state index contributed by atoms with van der Waals surface area (Å²) in [5.41, 5.74) is 0.276. The van der Waals surface area contributed by atoms with Gasteiger partial charge in [0.25, 0.3) is 0 Å². The maximum atomic E-state index is 11.4. The van der Waals surface area contributed by atoms with Gasteiger partial charge in [0.05, 0.1) is 17.8 Å². The number of carbonyl (C=O) groups excluding carboxylic acids is 2. The van der Waals surface area contributed by atoms with Crippen molar-refractivity contribution in [3.05, 3.63) is 23.8 Å². The van der Waals surface area contributed by atoms with Crippen LogP contribution >= 0.6 is 0 Å². The number of benzene rings is 1. The monoisotopic (exact) mass is 275 g/mol. The van der Waals surface area contributed by atoms with E-state index in [4.69, 9.17) is 11.5 Å². The fourth-order valence-electron chi connectivity index (χ4n) is 1.41. The van der Waals surface area contributed by atoms with Crippen LogP contribution in [0.1, 0.15) is 17.3 Å². The summed E-state index contributed by atoms with van der Waals surface area (Å²) in [6.45, 7) is 1.33. The Morgan fingerprint density at radius 2 is 2.00 bits per heavy atom. The fraction of sp³-hybridized carbons (Fsp3) is 0.154. The summed E-state index contributed by atoms with van der Waals surface area (Å²) in [7, 11) is 0. The molecule has 0 saturated carbocycles. The van der Waals surface area contributed by atoms with Crippen LogP contribution < -0.4 is 16.0 Å². The lowest BCUT2D eigenvalue weighted by Gasteiger charge is -2.10. The van der Waals surface area contributed by atoms with Crippen molar-refractivity contribution in [3.63, 3.8) is 0 Å². The third-order valence-electron chi connectivity index (χ3n) is 2.17. The molecule has 7 heteroatoms. The standard InChI is InChI=1S/C13H13N3O4/c1-3-6-14-13(20)16-11-5-4-9(15-8(2)17)7-10(11)12(18)19/h1,4-5,7H,6H2,2H3,(H,15,17)(H,18,19)(H2,14,16,20). The summed E-state index contributed by atoms with van der Waals surface area (Å²) in [6.07, 6.45) is 4.99. The first-order valence-corrected chi connectivity index (χ1v) is 5.57. The highest BCUT2D eigenvalue weighted by molar-refractivity contribution is 6.01. The predicted octanol–water partition coefficient (Wildman–Crippen LogP) is 1.10. The van der Waals surface area contributed by atoms with E-state index in [1.165, 1.54) is 25.1 Å². The average molecular weight is 275 g/mol. The Labute approximate surface area is 115 Å². The number of rotatable bonds is 4. The number of hydrogen-bond donors (Lipinski definition) is 4. The number of hydrogen-bond acceptors (Lipinski definition) is 3. The van der Waals surface area contributed by atoms with E-state index in [0.717, 1.165) is 0 Å². The second kappa shape index (κ2) is 6.80. The summed E-state index contributed by atoms with van der Waals surface area (Å²) >= 11 is 0. The molecule has 0 bridgehead atoms. The van der Waals surface area contributed by atoms with E-state index in [0.29, 0.717) is 5.69 Å². The SMILES string of the molecule is C#CCNC(=O)Nc1ccc(NC(C)=O)cc1C(=O)O. The summed E-state index contributed by atoms with van der Waals surface area (Å²) in [5, 5.41) is 16.3. The van der Waals surface area contributed by atoms with Crippen LogP contribution in [0.15, 0.2) is 18.2 Å². The molecule has 0 atom stereocenters. The third kappa shape index (κ3) is 4.34. The van der Waals surface area contributed by atoms with Crippen LogP contribution in [0.2, 0.25) is 0 Å². The number of carboxylic acid groups (broad SMARTS) is 1. The van der Waals surface area contributed by atoms with Crippen molar-refractivity contribution in [1.82, 2.24) is 5.32 Å². The number of amides is 3. The van der Waals surface area contributed by atoms with Gasteiger partial charge in [-0.1, -0.05) is 5.92 Å². The van der Waals surface area contributed by atoms with Crippen LogP contribution in [-0.2, 0) is 4.79 Å². The van der Waals surface area contributed by atoms with Gasteiger partial charge in [-0.2, -0.15) is 0 Å². The molecule has 0 heterocycles. The predicted molar refractivity (Wildman–Crippen MR) is 73.6 cm³/mol. The molecule has 0 aliphatic heterocycles. The normalized spacial score (nSPS) is 9.20. The van der Waals surface area contributed by atoms with Crippen LogP contribution in [0.3, 0.4) is 0 Å². The topological polar surface area (TPSA) is 108 Å². The van der Waals surface area contributed by atoms with Gasteiger partial charge in [0.1, 0.15) is 0 Å². The molecule has 0 aliphatic carbocycles. The summed E-state index contributed by atoms with van der Waals surface area (Å²) in [6, 6.07) is 3.49. The van der Waals surface area contributed by atoms with Gasteiger partial charge in [0.2, 0.25) is 5.91 Å². The molecule has 0 spiro atoms. The quantitative estimate of drug-likeness (QED) is 0.617. The molecule has 1 rings (SSSR count). The van der Waals surface area contributed by atoms with Crippen molar-refractivity contribution in [2.45, 2.75) is 6.92 Å². The molecule has 1 aromatic carbocycles. The molecule has 4 N–H and O–H groups in total. The smallest absolute Gasteiger partial charge is 0.337 e. The second-order valence-electron chi connectivity index (χ2n) is 3.76. The van der Waals surface area contributed by atoms with Gasteiger partial charge < -0.3 is 21.1 Å². The molecular weight excluding hydrogens is 262 g/mol. The van der Waals surface area contributed by atoms with Gasteiger partial charge in [0.15, 0.2) is 0 Å². The zero-order valence-corrected chi connectivity index (χ0v) is 10.7. The third-order valence-corrected chi connectivity index (χ3v) is 2.17. The van der Waals surface area contributed by atoms with E-state index in [-0.39, 0.29) is 23.7 Å². The molecule has 0 unspecified atom stereocenters. The molecule has 1 aromatic rings. The number of terminal acetylenes is 1. The average Bonchev–Trinajstić information content (AvgIpc) is 2.37. The summed E-state index contributed by atoms with van der Waals surface area (Å²) in [4.78, 5) is 33.5. The lowest BCUT2D eigenvalue weighted by molar-refractivity contribution is -0.114. The van der Waals surface area contributed by atoms with E-state index in [1.54, 1.807) is 0 Å². The lowest BCUT2D eigenvalue weighted by atomic mass is 10.1. The number of aromatic carboxylic acids is 1. The van der Waals surface area contributed by atoms with Gasteiger partial charge in [-0.05, 0) is 18.2 Å². The van der Waals surface area contributed by atoms with Crippen LogP contribution in [0, 0.1) is 12.3 Å². The molecule has 0 aliphatic rings. The minimum Gasteiger partial charge on any atom is -0.478 e. The minimum absolute atomic E-state index is 0.0260. The zero-order valence-electron chi connectivity index (χ0n) is 10.7. The van der Waals surface area contributed by atoms with E-state index >= 15 is 0 Å². The Balaban J connectivity index is 2.96. The molecule has 7 nitrogen and oxygen atoms in total. The van der Waals surface area contributed by atoms with E-state index in [9.17, 15) is 14.4 Å². The van der Waals surface area contributed by atoms with E-state index in [1.807, 2.05) is 0 Å². The number of urea groups is 1. The van der Waals surface area contributed by atoms with Gasteiger partial charge in [0, 0.05) is 12.6 Å². The van der Waals surface area contributed by atoms with E-state index < -0.39 is 12.0 Å². The first kappa shape index (κ1) is 15.0. The molecule has 0 fully saturated rings. The zero-order chi connectivity index (χ0) is 15.1. The highest BCUT2D eigenvalue weighted by Gasteiger charge is 2.13. The Hall–Kier alpha value is -3.01. The largest absolute Gasteiger partial charge is 0.478 e. The van der Waals surface area contributed by atoms with Crippen LogP contribution in [0.5, 0.6) is 0 Å². The van der Waals surface area contributed by atoms with Gasteiger partial charge in [-0.3, -0.25) is 4.79 Å². The first-order chi connectivity index (χ1) is 9.43. The highest BCUT2D eigenvalue weighted by Crippen LogP contribution is 2.20. The number of carbonyl (C=O) groups is 3. The first-order valence-electron chi connectivity index (χ1n) is 5.57. The summed E-state index contributed by atoms with van der Waals surface area (Å²) in [5.74, 6) is 0.660. The minimum atomic E-state index is -1.23. The van der Waals surface area contributed by atoms with Crippen molar-refractivity contribution in [3.8, 4) is 12.3 Å². The van der Waals surface area contributed by atoms with Crippen molar-refractivity contribution >= 4 is 29.3 Å². The Morgan fingerprint density at radius 1 is 1.30 bits per heavy atom. The molecule has 20 heavy (non-hydrogen) atoms. The maximum Gasteiger partial charge on any atom is 0.337 e. The van der Waals surface area contributed by atoms with E-state index in [2.05, 4.69) is 21.9 Å². The second-order valence-corrected chi connectivity index (χ2v) is 3.76. The van der Waals surface area contributed by atoms with Gasteiger partial charge in [-0.15, -0.1) is 6.42 Å². The fourth-order valence-corrected chi connectivity index (χ4v) is 1.41. The van der Waals surface area contributed by atoms with Crippen LogP contribution in [-0.4, -0.2) is 29.6 Å². The van der Waals surface area contributed by atoms with Crippen LogP contribution in [0.25, 0.3) is 0 Å². The van der Waals surface area contributed by atoms with Crippen molar-refractivity contribution in [1.29, 1.82) is 0 Å². The van der Waals surface area contributed by atoms with Gasteiger partial charge in [-0.25, -0.2) is 9.59 Å². The highest BCUT2D eigenvalue weighted by atomic mass is 16.4. The van der Waals surface area contributed by atoms with Crippen molar-refractivity contribution in [2.24, 2.45) is 0 Å². The van der Waals surface area contributed by atoms with Crippen molar-refractivity contribution in [2.75, 3.05) is 17.2 Å². The van der Waals surface area contributed by atoms with Crippen LogP contribution in [0.4, 0.5) is 16.2 Å². The molecule has 0 aromatic heterocycles. The molecule has 104 valence electrons. The summed E-state index contributed by atoms with van der Waals surface area (Å²) < 4.78 is 0. The molecule has 0 saturated heterocycles. The lowest BCUT2D eigenvalue weighted by Crippen LogP contribution is -2.29. The van der Waals surface area contributed by atoms with Gasteiger partial charge >= 0.3 is 12.0 Å².